The van der Waals surface area contributed by atoms with Crippen LogP contribution in [0.1, 0.15) is 12.5 Å². The van der Waals surface area contributed by atoms with Crippen LogP contribution in [0.15, 0.2) is 30.3 Å². The number of carbonyl (C=O) groups excluding carboxylic acids is 1. The molecule has 0 unspecified atom stereocenters. The molecule has 1 aromatic rings. The predicted molar refractivity (Wildman–Crippen MR) is 51.1 cm³/mol. The summed E-state index contributed by atoms with van der Waals surface area (Å²) in [4.78, 5) is 10.7. The Morgan fingerprint density at radius 1 is 1.38 bits per heavy atom. The highest BCUT2D eigenvalue weighted by Gasteiger charge is 1.97. The van der Waals surface area contributed by atoms with Crippen LogP contribution < -0.4 is 0 Å². The van der Waals surface area contributed by atoms with Crippen molar-refractivity contribution in [2.75, 3.05) is 6.61 Å². The van der Waals surface area contributed by atoms with E-state index in [4.69, 9.17) is 4.74 Å². The van der Waals surface area contributed by atoms with Crippen molar-refractivity contribution in [1.82, 2.24) is 0 Å². The molecule has 1 rings (SSSR count). The van der Waals surface area contributed by atoms with Gasteiger partial charge < -0.3 is 4.74 Å². The number of hydrogen-bond acceptors (Lipinski definition) is 2. The molecule has 0 heterocycles. The van der Waals surface area contributed by atoms with Gasteiger partial charge in [-0.2, -0.15) is 0 Å². The SMILES string of the molecule is C[CH]C(=O)OCCc1ccccc1. The zero-order valence-corrected chi connectivity index (χ0v) is 7.69. The second-order valence-electron chi connectivity index (χ2n) is 2.69. The van der Waals surface area contributed by atoms with Gasteiger partial charge in [-0.05, 0) is 5.56 Å². The first-order valence-electron chi connectivity index (χ1n) is 4.33. The van der Waals surface area contributed by atoms with E-state index in [1.165, 1.54) is 12.0 Å². The molecule has 0 aliphatic heterocycles. The molecule has 13 heavy (non-hydrogen) atoms. The molecule has 0 aromatic heterocycles. The lowest BCUT2D eigenvalue weighted by atomic mass is 10.2. The summed E-state index contributed by atoms with van der Waals surface area (Å²) in [5, 5.41) is 0. The average molecular weight is 177 g/mol. The molecule has 0 N–H and O–H groups in total. The van der Waals surface area contributed by atoms with Crippen molar-refractivity contribution in [3.63, 3.8) is 0 Å². The van der Waals surface area contributed by atoms with Crippen molar-refractivity contribution in [2.45, 2.75) is 13.3 Å². The highest BCUT2D eigenvalue weighted by atomic mass is 16.5. The van der Waals surface area contributed by atoms with Crippen LogP contribution in [0.4, 0.5) is 0 Å². The number of benzene rings is 1. The van der Waals surface area contributed by atoms with Gasteiger partial charge in [-0.15, -0.1) is 0 Å². The van der Waals surface area contributed by atoms with Crippen molar-refractivity contribution in [2.24, 2.45) is 0 Å². The topological polar surface area (TPSA) is 26.3 Å². The second kappa shape index (κ2) is 5.36. The summed E-state index contributed by atoms with van der Waals surface area (Å²) < 4.78 is 4.90. The van der Waals surface area contributed by atoms with Crippen molar-refractivity contribution < 1.29 is 9.53 Å². The Kier molecular flexibility index (Phi) is 4.03. The molecule has 69 valence electrons. The maximum absolute atomic E-state index is 10.7. The van der Waals surface area contributed by atoms with E-state index in [9.17, 15) is 4.79 Å². The Labute approximate surface area is 78.5 Å². The van der Waals surface area contributed by atoms with E-state index in [1.54, 1.807) is 6.92 Å². The summed E-state index contributed by atoms with van der Waals surface area (Å²) >= 11 is 0. The third-order valence-electron chi connectivity index (χ3n) is 1.71. The highest BCUT2D eigenvalue weighted by molar-refractivity contribution is 5.78. The van der Waals surface area contributed by atoms with Crippen LogP contribution >= 0.6 is 0 Å². The van der Waals surface area contributed by atoms with Gasteiger partial charge in [0, 0.05) is 6.42 Å². The van der Waals surface area contributed by atoms with E-state index in [0.717, 1.165) is 6.42 Å². The summed E-state index contributed by atoms with van der Waals surface area (Å²) in [5.74, 6) is -0.254. The van der Waals surface area contributed by atoms with E-state index in [1.807, 2.05) is 30.3 Å². The lowest BCUT2D eigenvalue weighted by Gasteiger charge is -2.02. The van der Waals surface area contributed by atoms with Crippen molar-refractivity contribution in [3.8, 4) is 0 Å². The van der Waals surface area contributed by atoms with Gasteiger partial charge in [-0.25, -0.2) is 0 Å². The molecule has 1 aromatic carbocycles. The number of hydrogen-bond donors (Lipinski definition) is 0. The normalized spacial score (nSPS) is 9.62. The Morgan fingerprint density at radius 3 is 2.69 bits per heavy atom. The molecule has 0 aliphatic carbocycles. The fourth-order valence-corrected chi connectivity index (χ4v) is 0.997. The highest BCUT2D eigenvalue weighted by Crippen LogP contribution is 1.99. The molecule has 2 heteroatoms. The molecule has 0 saturated carbocycles. The van der Waals surface area contributed by atoms with Crippen LogP contribution in [0.25, 0.3) is 0 Å². The van der Waals surface area contributed by atoms with Crippen molar-refractivity contribution in [1.29, 1.82) is 0 Å². The average Bonchev–Trinajstić information content (AvgIpc) is 2.19. The molecule has 1 radical (unpaired) electrons. The summed E-state index contributed by atoms with van der Waals surface area (Å²) in [6.07, 6.45) is 2.20. The summed E-state index contributed by atoms with van der Waals surface area (Å²) in [6, 6.07) is 9.95. The second-order valence-corrected chi connectivity index (χ2v) is 2.69. The van der Waals surface area contributed by atoms with Crippen LogP contribution in [-0.2, 0) is 16.0 Å². The third kappa shape index (κ3) is 3.74. The molecule has 0 amide bonds. The maximum atomic E-state index is 10.7. The van der Waals surface area contributed by atoms with Crippen molar-refractivity contribution >= 4 is 5.97 Å². The minimum atomic E-state index is -0.254. The van der Waals surface area contributed by atoms with Gasteiger partial charge in [0.1, 0.15) is 0 Å². The van der Waals surface area contributed by atoms with Crippen LogP contribution in [0.5, 0.6) is 0 Å². The maximum Gasteiger partial charge on any atom is 0.309 e. The molecule has 2 nitrogen and oxygen atoms in total. The van der Waals surface area contributed by atoms with Crippen LogP contribution in [-0.4, -0.2) is 12.6 Å². The minimum Gasteiger partial charge on any atom is -0.465 e. The number of rotatable bonds is 4. The molecule has 0 bridgehead atoms. The Hall–Kier alpha value is -1.31. The quantitative estimate of drug-likeness (QED) is 0.657. The predicted octanol–water partition coefficient (Wildman–Crippen LogP) is 2.00. The summed E-state index contributed by atoms with van der Waals surface area (Å²) in [5.41, 5.74) is 1.19. The standard InChI is InChI=1S/C11H13O2/c1-2-11(12)13-9-8-10-6-4-3-5-7-10/h2-7H,8-9H2,1H3. The minimum absolute atomic E-state index is 0.254. The first-order valence-corrected chi connectivity index (χ1v) is 4.33. The van der Waals surface area contributed by atoms with Gasteiger partial charge in [-0.3, -0.25) is 4.79 Å². The molecule has 0 aliphatic rings. The molecular weight excluding hydrogens is 164 g/mol. The summed E-state index contributed by atoms with van der Waals surface area (Å²) in [6.45, 7) is 2.12. The van der Waals surface area contributed by atoms with Gasteiger partial charge in [0.2, 0.25) is 0 Å². The van der Waals surface area contributed by atoms with Gasteiger partial charge in [0.25, 0.3) is 0 Å². The van der Waals surface area contributed by atoms with E-state index in [-0.39, 0.29) is 5.97 Å². The molecule has 0 saturated heterocycles. The van der Waals surface area contributed by atoms with Gasteiger partial charge in [0.05, 0.1) is 13.0 Å². The smallest absolute Gasteiger partial charge is 0.309 e. The molecule has 0 fully saturated rings. The van der Waals surface area contributed by atoms with Gasteiger partial charge in [0.15, 0.2) is 0 Å². The molecule has 0 spiro atoms. The summed E-state index contributed by atoms with van der Waals surface area (Å²) in [7, 11) is 0. The van der Waals surface area contributed by atoms with E-state index < -0.39 is 0 Å². The fraction of sp³-hybridized carbons (Fsp3) is 0.273. The largest absolute Gasteiger partial charge is 0.465 e. The Bertz CT molecular complexity index is 254. The Morgan fingerprint density at radius 2 is 2.08 bits per heavy atom. The monoisotopic (exact) mass is 177 g/mol. The van der Waals surface area contributed by atoms with Crippen LogP contribution in [0.3, 0.4) is 0 Å². The van der Waals surface area contributed by atoms with E-state index in [0.29, 0.717) is 6.61 Å². The van der Waals surface area contributed by atoms with Crippen molar-refractivity contribution in [3.05, 3.63) is 42.3 Å². The first kappa shape index (κ1) is 9.78. The molecule has 0 atom stereocenters. The number of ether oxygens (including phenoxy) is 1. The zero-order valence-electron chi connectivity index (χ0n) is 7.69. The number of esters is 1. The van der Waals surface area contributed by atoms with Crippen LogP contribution in [0.2, 0.25) is 0 Å². The molecular formula is C11H13O2. The first-order chi connectivity index (χ1) is 6.33. The van der Waals surface area contributed by atoms with Gasteiger partial charge in [-0.1, -0.05) is 37.3 Å². The van der Waals surface area contributed by atoms with Crippen LogP contribution in [0, 0.1) is 6.42 Å². The van der Waals surface area contributed by atoms with E-state index in [2.05, 4.69) is 0 Å². The van der Waals surface area contributed by atoms with E-state index >= 15 is 0 Å². The zero-order chi connectivity index (χ0) is 9.52. The lowest BCUT2D eigenvalue weighted by molar-refractivity contribution is -0.139. The van der Waals surface area contributed by atoms with Gasteiger partial charge >= 0.3 is 5.97 Å². The fourth-order valence-electron chi connectivity index (χ4n) is 0.997. The lowest BCUT2D eigenvalue weighted by Crippen LogP contribution is -2.06. The third-order valence-corrected chi connectivity index (χ3v) is 1.71. The number of carbonyl (C=O) groups is 1. The Balaban J connectivity index is 2.24.